The van der Waals surface area contributed by atoms with Gasteiger partial charge >= 0.3 is 0 Å². The third-order valence-corrected chi connectivity index (χ3v) is 2.70. The van der Waals surface area contributed by atoms with E-state index in [9.17, 15) is 0 Å². The Kier molecular flexibility index (Phi) is 4.68. The number of hydrogen-bond donors (Lipinski definition) is 1. The van der Waals surface area contributed by atoms with Gasteiger partial charge in [0.05, 0.1) is 0 Å². The Bertz CT molecular complexity index is 539. The van der Waals surface area contributed by atoms with Crippen molar-refractivity contribution in [1.29, 1.82) is 0 Å². The van der Waals surface area contributed by atoms with Crippen LogP contribution in [0.2, 0.25) is 5.28 Å². The van der Waals surface area contributed by atoms with Crippen molar-refractivity contribution in [1.82, 2.24) is 24.5 Å². The molecule has 0 fully saturated rings. The zero-order chi connectivity index (χ0) is 13.7. The van der Waals surface area contributed by atoms with Crippen molar-refractivity contribution in [3.05, 3.63) is 23.5 Å². The Hall–Kier alpha value is -1.69. The molecule has 0 amide bonds. The van der Waals surface area contributed by atoms with Gasteiger partial charge in [0.25, 0.3) is 0 Å². The van der Waals surface area contributed by atoms with Crippen LogP contribution >= 0.6 is 11.6 Å². The molecular formula is C12H17ClN6. The van der Waals surface area contributed by atoms with E-state index in [4.69, 9.17) is 11.6 Å². The van der Waals surface area contributed by atoms with Gasteiger partial charge in [0.1, 0.15) is 5.82 Å². The molecule has 0 aliphatic carbocycles. The molecule has 2 heterocycles. The van der Waals surface area contributed by atoms with E-state index in [1.54, 1.807) is 6.20 Å². The minimum atomic E-state index is 0.180. The zero-order valence-corrected chi connectivity index (χ0v) is 11.9. The lowest BCUT2D eigenvalue weighted by molar-refractivity contribution is 0.775. The highest BCUT2D eigenvalue weighted by Gasteiger charge is 2.10. The summed E-state index contributed by atoms with van der Waals surface area (Å²) in [6.07, 6.45) is 6.44. The molecule has 19 heavy (non-hydrogen) atoms. The number of hydrogen-bond acceptors (Lipinski definition) is 5. The van der Waals surface area contributed by atoms with E-state index >= 15 is 0 Å². The quantitative estimate of drug-likeness (QED) is 0.880. The van der Waals surface area contributed by atoms with Crippen LogP contribution in [-0.2, 0) is 6.42 Å². The number of aryl methyl sites for hydroxylation is 1. The molecule has 2 aromatic rings. The highest BCUT2D eigenvalue weighted by Crippen LogP contribution is 2.12. The molecule has 2 aromatic heterocycles. The minimum absolute atomic E-state index is 0.180. The highest BCUT2D eigenvalue weighted by atomic mass is 35.5. The van der Waals surface area contributed by atoms with E-state index < -0.39 is 0 Å². The first-order chi connectivity index (χ1) is 9.24. The molecule has 7 heteroatoms. The van der Waals surface area contributed by atoms with E-state index in [2.05, 4.69) is 39.1 Å². The molecule has 6 nitrogen and oxygen atoms in total. The number of aromatic nitrogens is 5. The normalized spacial score (nSPS) is 10.7. The van der Waals surface area contributed by atoms with E-state index in [1.807, 2.05) is 10.8 Å². The third-order valence-electron chi connectivity index (χ3n) is 2.54. The number of rotatable bonds is 6. The molecular weight excluding hydrogens is 264 g/mol. The molecule has 0 aromatic carbocycles. The lowest BCUT2D eigenvalue weighted by Crippen LogP contribution is -2.11. The molecule has 0 saturated carbocycles. The van der Waals surface area contributed by atoms with Gasteiger partial charge in [-0.15, -0.1) is 0 Å². The summed E-state index contributed by atoms with van der Waals surface area (Å²) in [4.78, 5) is 16.9. The van der Waals surface area contributed by atoms with Gasteiger partial charge < -0.3 is 5.32 Å². The second-order valence-electron chi connectivity index (χ2n) is 4.12. The Morgan fingerprint density at radius 2 is 2.05 bits per heavy atom. The Morgan fingerprint density at radius 1 is 1.21 bits per heavy atom. The van der Waals surface area contributed by atoms with Crippen molar-refractivity contribution in [3.8, 4) is 5.95 Å². The summed E-state index contributed by atoms with van der Waals surface area (Å²) >= 11 is 5.94. The maximum absolute atomic E-state index is 5.94. The predicted octanol–water partition coefficient (Wildman–Crippen LogP) is 2.49. The Labute approximate surface area is 117 Å². The van der Waals surface area contributed by atoms with Crippen LogP contribution in [0.15, 0.2) is 12.4 Å². The smallest absolute Gasteiger partial charge is 0.241 e. The van der Waals surface area contributed by atoms with E-state index in [-0.39, 0.29) is 5.28 Å². The Balaban J connectivity index is 2.32. The molecule has 0 bridgehead atoms. The number of nitrogens with one attached hydrogen (secondary N) is 1. The molecule has 0 spiro atoms. The van der Waals surface area contributed by atoms with Crippen LogP contribution < -0.4 is 5.32 Å². The molecule has 0 aliphatic heterocycles. The zero-order valence-electron chi connectivity index (χ0n) is 11.1. The van der Waals surface area contributed by atoms with Gasteiger partial charge in [0, 0.05) is 25.4 Å². The van der Waals surface area contributed by atoms with Gasteiger partial charge in [-0.2, -0.15) is 15.0 Å². The van der Waals surface area contributed by atoms with Crippen molar-refractivity contribution in [2.24, 2.45) is 0 Å². The van der Waals surface area contributed by atoms with Gasteiger partial charge in [0.15, 0.2) is 0 Å². The second-order valence-corrected chi connectivity index (χ2v) is 4.46. The van der Waals surface area contributed by atoms with Crippen LogP contribution in [0.25, 0.3) is 5.95 Å². The standard InChI is InChI=1S/C12H17ClN6/c1-3-5-9-14-7-8-19(9)12-17-10(13)16-11(18-12)15-6-4-2/h7-8H,3-6H2,1-2H3,(H,15,16,17,18). The fraction of sp³-hybridized carbons (Fsp3) is 0.500. The number of nitrogens with zero attached hydrogens (tertiary/aromatic N) is 5. The van der Waals surface area contributed by atoms with Crippen molar-refractivity contribution in [3.63, 3.8) is 0 Å². The summed E-state index contributed by atoms with van der Waals surface area (Å²) in [5, 5.41) is 3.29. The van der Waals surface area contributed by atoms with Crippen LogP contribution in [0.4, 0.5) is 5.95 Å². The molecule has 102 valence electrons. The number of anilines is 1. The van der Waals surface area contributed by atoms with Gasteiger partial charge in [0.2, 0.25) is 17.2 Å². The van der Waals surface area contributed by atoms with Gasteiger partial charge in [-0.3, -0.25) is 4.57 Å². The summed E-state index contributed by atoms with van der Waals surface area (Å²) < 4.78 is 1.84. The van der Waals surface area contributed by atoms with Crippen LogP contribution in [0.3, 0.4) is 0 Å². The topological polar surface area (TPSA) is 68.5 Å². The SMILES string of the molecule is CCCNc1nc(Cl)nc(-n2ccnc2CCC)n1. The second kappa shape index (κ2) is 6.47. The van der Waals surface area contributed by atoms with Crippen molar-refractivity contribution in [2.75, 3.05) is 11.9 Å². The largest absolute Gasteiger partial charge is 0.354 e. The van der Waals surface area contributed by atoms with Crippen molar-refractivity contribution >= 4 is 17.5 Å². The third kappa shape index (κ3) is 3.41. The lowest BCUT2D eigenvalue weighted by Gasteiger charge is -2.08. The van der Waals surface area contributed by atoms with Gasteiger partial charge in [-0.1, -0.05) is 13.8 Å². The molecule has 1 N–H and O–H groups in total. The molecule has 0 radical (unpaired) electrons. The predicted molar refractivity (Wildman–Crippen MR) is 74.7 cm³/mol. The monoisotopic (exact) mass is 280 g/mol. The first kappa shape index (κ1) is 13.7. The van der Waals surface area contributed by atoms with E-state index in [1.165, 1.54) is 0 Å². The summed E-state index contributed by atoms with van der Waals surface area (Å²) in [5.41, 5.74) is 0. The average Bonchev–Trinajstić information content (AvgIpc) is 2.84. The molecule has 0 saturated heterocycles. The maximum Gasteiger partial charge on any atom is 0.241 e. The van der Waals surface area contributed by atoms with Crippen LogP contribution in [0.1, 0.15) is 32.5 Å². The number of halogens is 1. The first-order valence-electron chi connectivity index (χ1n) is 6.42. The average molecular weight is 281 g/mol. The maximum atomic E-state index is 5.94. The first-order valence-corrected chi connectivity index (χ1v) is 6.80. The summed E-state index contributed by atoms with van der Waals surface area (Å²) in [6.45, 7) is 4.98. The molecule has 0 atom stereocenters. The molecule has 0 aliphatic rings. The van der Waals surface area contributed by atoms with Crippen LogP contribution in [0, 0.1) is 0 Å². The summed E-state index contributed by atoms with van der Waals surface area (Å²) in [6, 6.07) is 0. The summed E-state index contributed by atoms with van der Waals surface area (Å²) in [5.74, 6) is 1.92. The van der Waals surface area contributed by atoms with Crippen molar-refractivity contribution in [2.45, 2.75) is 33.1 Å². The molecule has 0 unspecified atom stereocenters. The lowest BCUT2D eigenvalue weighted by atomic mass is 10.3. The van der Waals surface area contributed by atoms with E-state index in [0.29, 0.717) is 11.9 Å². The van der Waals surface area contributed by atoms with Gasteiger partial charge in [-0.25, -0.2) is 4.98 Å². The fourth-order valence-electron chi connectivity index (χ4n) is 1.69. The minimum Gasteiger partial charge on any atom is -0.354 e. The summed E-state index contributed by atoms with van der Waals surface area (Å²) in [7, 11) is 0. The van der Waals surface area contributed by atoms with Crippen LogP contribution in [0.5, 0.6) is 0 Å². The van der Waals surface area contributed by atoms with Gasteiger partial charge in [-0.05, 0) is 24.4 Å². The van der Waals surface area contributed by atoms with Crippen molar-refractivity contribution < 1.29 is 0 Å². The molecule has 2 rings (SSSR count). The van der Waals surface area contributed by atoms with E-state index in [0.717, 1.165) is 31.6 Å². The number of imidazole rings is 1. The fourth-order valence-corrected chi connectivity index (χ4v) is 1.84. The van der Waals surface area contributed by atoms with Crippen LogP contribution in [-0.4, -0.2) is 31.0 Å². The highest BCUT2D eigenvalue weighted by molar-refractivity contribution is 6.28. The Morgan fingerprint density at radius 3 is 2.79 bits per heavy atom.